The van der Waals surface area contributed by atoms with Crippen molar-refractivity contribution in [1.29, 1.82) is 0 Å². The van der Waals surface area contributed by atoms with Crippen LogP contribution < -0.4 is 4.74 Å². The van der Waals surface area contributed by atoms with Crippen molar-refractivity contribution in [2.45, 2.75) is 25.6 Å². The Balaban J connectivity index is 2.10. The van der Waals surface area contributed by atoms with Gasteiger partial charge in [-0.05, 0) is 37.6 Å². The average Bonchev–Trinajstić information content (AvgIpc) is 2.87. The predicted octanol–water partition coefficient (Wildman–Crippen LogP) is 3.66. The molecule has 1 atom stereocenters. The standard InChI is InChI=1S/C17H17NO4/c1-12(2)22-17(11-21-16-6-4-3-5-15(16)17)13-7-9-14(10-8-13)18(19)20/h3-10,12H,11H2,1-2H3/t17-/m0/s1. The van der Waals surface area contributed by atoms with E-state index >= 15 is 0 Å². The molecule has 0 aromatic heterocycles. The molecule has 0 saturated carbocycles. The second-order valence-corrected chi connectivity index (χ2v) is 5.58. The first-order chi connectivity index (χ1) is 10.5. The van der Waals surface area contributed by atoms with Gasteiger partial charge in [0.2, 0.25) is 0 Å². The van der Waals surface area contributed by atoms with Crippen molar-refractivity contribution in [2.75, 3.05) is 6.61 Å². The molecule has 1 heterocycles. The maximum atomic E-state index is 10.8. The normalized spacial score (nSPS) is 19.8. The number of nitrogens with zero attached hydrogens (tertiary/aromatic N) is 1. The summed E-state index contributed by atoms with van der Waals surface area (Å²) in [6.45, 7) is 4.30. The van der Waals surface area contributed by atoms with Crippen LogP contribution in [-0.2, 0) is 10.3 Å². The third-order valence-electron chi connectivity index (χ3n) is 3.73. The van der Waals surface area contributed by atoms with Gasteiger partial charge in [0.05, 0.1) is 11.0 Å². The Morgan fingerprint density at radius 2 is 1.86 bits per heavy atom. The van der Waals surface area contributed by atoms with Gasteiger partial charge in [0.25, 0.3) is 5.69 Å². The van der Waals surface area contributed by atoms with E-state index in [2.05, 4.69) is 0 Å². The van der Waals surface area contributed by atoms with E-state index in [9.17, 15) is 10.1 Å². The molecule has 0 aliphatic carbocycles. The molecule has 0 spiro atoms. The van der Waals surface area contributed by atoms with Gasteiger partial charge >= 0.3 is 0 Å². The lowest BCUT2D eigenvalue weighted by molar-refractivity contribution is -0.384. The van der Waals surface area contributed by atoms with E-state index in [1.165, 1.54) is 12.1 Å². The number of fused-ring (bicyclic) bond motifs is 1. The van der Waals surface area contributed by atoms with E-state index in [0.29, 0.717) is 6.61 Å². The van der Waals surface area contributed by atoms with Crippen LogP contribution >= 0.6 is 0 Å². The molecule has 0 N–H and O–H groups in total. The maximum absolute atomic E-state index is 10.8. The highest BCUT2D eigenvalue weighted by Crippen LogP contribution is 2.45. The molecular weight excluding hydrogens is 282 g/mol. The fraction of sp³-hybridized carbons (Fsp3) is 0.294. The van der Waals surface area contributed by atoms with Gasteiger partial charge in [-0.15, -0.1) is 0 Å². The summed E-state index contributed by atoms with van der Waals surface area (Å²) in [6, 6.07) is 14.2. The molecule has 0 unspecified atom stereocenters. The first kappa shape index (κ1) is 14.5. The monoisotopic (exact) mass is 299 g/mol. The number of ether oxygens (including phenoxy) is 2. The van der Waals surface area contributed by atoms with Crippen molar-refractivity contribution in [2.24, 2.45) is 0 Å². The summed E-state index contributed by atoms with van der Waals surface area (Å²) in [4.78, 5) is 10.4. The molecule has 5 heteroatoms. The van der Waals surface area contributed by atoms with Crippen molar-refractivity contribution in [3.8, 4) is 5.75 Å². The third-order valence-corrected chi connectivity index (χ3v) is 3.73. The minimum Gasteiger partial charge on any atom is -0.489 e. The topological polar surface area (TPSA) is 61.6 Å². The highest BCUT2D eigenvalue weighted by atomic mass is 16.6. The van der Waals surface area contributed by atoms with Gasteiger partial charge in [-0.1, -0.05) is 18.2 Å². The molecule has 0 radical (unpaired) electrons. The van der Waals surface area contributed by atoms with Gasteiger partial charge in [0.1, 0.15) is 12.4 Å². The van der Waals surface area contributed by atoms with E-state index < -0.39 is 10.5 Å². The Morgan fingerprint density at radius 3 is 2.50 bits per heavy atom. The van der Waals surface area contributed by atoms with Gasteiger partial charge in [-0.25, -0.2) is 0 Å². The fourth-order valence-electron chi connectivity index (χ4n) is 2.84. The minimum absolute atomic E-state index is 0.00931. The molecule has 114 valence electrons. The Labute approximate surface area is 128 Å². The molecule has 0 fully saturated rings. The molecule has 0 bridgehead atoms. The van der Waals surface area contributed by atoms with Crippen molar-refractivity contribution < 1.29 is 14.4 Å². The Morgan fingerprint density at radius 1 is 1.18 bits per heavy atom. The lowest BCUT2D eigenvalue weighted by Crippen LogP contribution is -2.35. The molecule has 0 saturated heterocycles. The van der Waals surface area contributed by atoms with Gasteiger partial charge < -0.3 is 9.47 Å². The lowest BCUT2D eigenvalue weighted by atomic mass is 9.87. The summed E-state index contributed by atoms with van der Waals surface area (Å²) >= 11 is 0. The lowest BCUT2D eigenvalue weighted by Gasteiger charge is -2.31. The molecule has 1 aliphatic heterocycles. The highest BCUT2D eigenvalue weighted by molar-refractivity contribution is 5.50. The molecule has 22 heavy (non-hydrogen) atoms. The number of hydrogen-bond donors (Lipinski definition) is 0. The summed E-state index contributed by atoms with van der Waals surface area (Å²) in [7, 11) is 0. The maximum Gasteiger partial charge on any atom is 0.269 e. The quantitative estimate of drug-likeness (QED) is 0.638. The summed E-state index contributed by atoms with van der Waals surface area (Å²) < 4.78 is 12.0. The second kappa shape index (κ2) is 5.42. The molecule has 0 amide bonds. The zero-order chi connectivity index (χ0) is 15.7. The number of non-ortho nitro benzene ring substituents is 1. The van der Waals surface area contributed by atoms with E-state index in [4.69, 9.17) is 9.47 Å². The first-order valence-electron chi connectivity index (χ1n) is 7.18. The van der Waals surface area contributed by atoms with Crippen LogP contribution in [0.25, 0.3) is 0 Å². The van der Waals surface area contributed by atoms with Gasteiger partial charge in [-0.3, -0.25) is 10.1 Å². The van der Waals surface area contributed by atoms with E-state index in [0.717, 1.165) is 16.9 Å². The Hall–Kier alpha value is -2.40. The van der Waals surface area contributed by atoms with Gasteiger partial charge in [0.15, 0.2) is 5.60 Å². The zero-order valence-electron chi connectivity index (χ0n) is 12.5. The smallest absolute Gasteiger partial charge is 0.269 e. The highest BCUT2D eigenvalue weighted by Gasteiger charge is 2.44. The Kier molecular flexibility index (Phi) is 3.58. The molecule has 2 aromatic rings. The summed E-state index contributed by atoms with van der Waals surface area (Å²) in [5.41, 5.74) is 1.16. The van der Waals surface area contributed by atoms with Gasteiger partial charge in [-0.2, -0.15) is 0 Å². The minimum atomic E-state index is -0.722. The van der Waals surface area contributed by atoms with Crippen molar-refractivity contribution in [3.63, 3.8) is 0 Å². The molecule has 2 aromatic carbocycles. The number of rotatable bonds is 4. The van der Waals surface area contributed by atoms with Crippen LogP contribution in [0, 0.1) is 10.1 Å². The van der Waals surface area contributed by atoms with Crippen LogP contribution in [0.3, 0.4) is 0 Å². The van der Waals surface area contributed by atoms with Crippen molar-refractivity contribution in [1.82, 2.24) is 0 Å². The number of hydrogen-bond acceptors (Lipinski definition) is 4. The zero-order valence-corrected chi connectivity index (χ0v) is 12.5. The summed E-state index contributed by atoms with van der Waals surface area (Å²) in [5.74, 6) is 0.793. The molecular formula is C17H17NO4. The molecule has 5 nitrogen and oxygen atoms in total. The fourth-order valence-corrected chi connectivity index (χ4v) is 2.84. The van der Waals surface area contributed by atoms with Crippen molar-refractivity contribution in [3.05, 3.63) is 69.8 Å². The Bertz CT molecular complexity index is 696. The van der Waals surface area contributed by atoms with Crippen LogP contribution in [0.4, 0.5) is 5.69 Å². The van der Waals surface area contributed by atoms with Crippen LogP contribution in [0.1, 0.15) is 25.0 Å². The van der Waals surface area contributed by atoms with E-state index in [1.54, 1.807) is 12.1 Å². The van der Waals surface area contributed by atoms with Crippen LogP contribution in [0.5, 0.6) is 5.75 Å². The van der Waals surface area contributed by atoms with Crippen LogP contribution in [0.2, 0.25) is 0 Å². The number of nitro groups is 1. The molecule has 1 aliphatic rings. The molecule has 3 rings (SSSR count). The van der Waals surface area contributed by atoms with Crippen LogP contribution in [0.15, 0.2) is 48.5 Å². The third kappa shape index (κ3) is 2.33. The van der Waals surface area contributed by atoms with E-state index in [1.807, 2.05) is 38.1 Å². The predicted molar refractivity (Wildman–Crippen MR) is 82.0 cm³/mol. The number of para-hydroxylation sites is 1. The number of nitro benzene ring substituents is 1. The van der Waals surface area contributed by atoms with Crippen LogP contribution in [-0.4, -0.2) is 17.6 Å². The number of benzene rings is 2. The second-order valence-electron chi connectivity index (χ2n) is 5.58. The average molecular weight is 299 g/mol. The van der Waals surface area contributed by atoms with E-state index in [-0.39, 0.29) is 11.8 Å². The first-order valence-corrected chi connectivity index (χ1v) is 7.18. The van der Waals surface area contributed by atoms with Gasteiger partial charge in [0, 0.05) is 17.7 Å². The SMILES string of the molecule is CC(C)O[C@]1(c2ccc([N+](=O)[O-])cc2)COc2ccccc21. The summed E-state index contributed by atoms with van der Waals surface area (Å²) in [6.07, 6.45) is -0.00931. The largest absolute Gasteiger partial charge is 0.489 e. The summed E-state index contributed by atoms with van der Waals surface area (Å²) in [5, 5.41) is 10.8. The van der Waals surface area contributed by atoms with Crippen molar-refractivity contribution >= 4 is 5.69 Å².